The number of amides is 9. The number of halogens is 6. The lowest BCUT2D eigenvalue weighted by atomic mass is 9.96. The summed E-state index contributed by atoms with van der Waals surface area (Å²) in [6.45, 7) is 14.9. The van der Waals surface area contributed by atoms with Crippen molar-refractivity contribution in [3.63, 3.8) is 0 Å². The average molecular weight is 1340 g/mol. The first-order valence-corrected chi connectivity index (χ1v) is 31.1. The van der Waals surface area contributed by atoms with Gasteiger partial charge < -0.3 is 78.6 Å². The minimum absolute atomic E-state index is 0.0332. The summed E-state index contributed by atoms with van der Waals surface area (Å²) in [5.74, 6) is -12.4. The van der Waals surface area contributed by atoms with Gasteiger partial charge in [-0.25, -0.2) is 9.59 Å². The molecule has 4 aliphatic heterocycles. The molecule has 2 bridgehead atoms. The highest BCUT2D eigenvalue weighted by atomic mass is 19.4. The van der Waals surface area contributed by atoms with Crippen LogP contribution in [-0.4, -0.2) is 185 Å². The molecular formula is C62H91F6N11O15. The van der Waals surface area contributed by atoms with Crippen molar-refractivity contribution in [2.45, 2.75) is 199 Å². The fourth-order valence-corrected chi connectivity index (χ4v) is 10.1. The third-order valence-corrected chi connectivity index (χ3v) is 15.1. The van der Waals surface area contributed by atoms with Gasteiger partial charge in [-0.2, -0.15) is 26.3 Å². The predicted molar refractivity (Wildman–Crippen MR) is 328 cm³/mol. The summed E-state index contributed by atoms with van der Waals surface area (Å²) in [7, 11) is 0. The zero-order valence-corrected chi connectivity index (χ0v) is 53.9. The van der Waals surface area contributed by atoms with Gasteiger partial charge in [0, 0.05) is 19.5 Å². The van der Waals surface area contributed by atoms with Crippen molar-refractivity contribution >= 4 is 65.1 Å². The number of carbonyl (C=O) groups excluding carboxylic acids is 9. The zero-order chi connectivity index (χ0) is 70.8. The van der Waals surface area contributed by atoms with Gasteiger partial charge in [0.15, 0.2) is 6.10 Å². The molecule has 0 spiro atoms. The largest absolute Gasteiger partial charge is 0.490 e. The van der Waals surface area contributed by atoms with Gasteiger partial charge in [-0.3, -0.25) is 43.2 Å². The molecule has 26 nitrogen and oxygen atoms in total. The number of alkyl halides is 6. The van der Waals surface area contributed by atoms with Crippen molar-refractivity contribution < 1.29 is 98.8 Å². The number of ether oxygens (including phenoxy) is 2. The second kappa shape index (κ2) is 38.4. The Hall–Kier alpha value is -7.97. The summed E-state index contributed by atoms with van der Waals surface area (Å²) in [5, 5.41) is 37.0. The second-order valence-corrected chi connectivity index (χ2v) is 24.5. The summed E-state index contributed by atoms with van der Waals surface area (Å²) in [6, 6.07) is 9.05. The maximum Gasteiger partial charge on any atom is 0.490 e. The van der Waals surface area contributed by atoms with Crippen LogP contribution < -0.4 is 54.0 Å². The molecule has 14 N–H and O–H groups in total. The van der Waals surface area contributed by atoms with Crippen LogP contribution in [0.1, 0.15) is 118 Å². The van der Waals surface area contributed by atoms with E-state index in [0.717, 1.165) is 5.56 Å². The molecule has 2 aromatic carbocycles. The number of hydrogen-bond acceptors (Lipinski definition) is 15. The molecule has 4 aliphatic rings. The lowest BCUT2D eigenvalue weighted by Gasteiger charge is -2.44. The van der Waals surface area contributed by atoms with Gasteiger partial charge in [0.1, 0.15) is 60.5 Å². The molecular weight excluding hydrogens is 1250 g/mol. The maximum atomic E-state index is 14.9. The number of hydrogen-bond donors (Lipinski definition) is 12. The lowest BCUT2D eigenvalue weighted by molar-refractivity contribution is -0.237. The Balaban J connectivity index is 0.00000147. The zero-order valence-electron chi connectivity index (χ0n) is 53.9. The van der Waals surface area contributed by atoms with E-state index in [9.17, 15) is 69.5 Å². The summed E-state index contributed by atoms with van der Waals surface area (Å²) in [4.78, 5) is 149. The normalized spacial score (nSPS) is 25.1. The van der Waals surface area contributed by atoms with Crippen molar-refractivity contribution in [1.82, 2.24) is 47.4 Å². The molecule has 0 saturated carbocycles. The van der Waals surface area contributed by atoms with E-state index in [0.29, 0.717) is 24.8 Å². The molecule has 0 aromatic heterocycles. The standard InChI is InChI=1S/C58H89N11O11.2C2HF3O2/c1-33(2)28-41-50(70)61-31-45-48(79-32-38-20-13-10-14-21-38)49(80-45)57(77)68-47(36(7)8)56(76)63-40(23-16-26-60)52(72)65-42(29-34(3)4)53(73)66-43(30-37-18-11-9-12-19-37)58(78)69-27-17-24-44(69)54(74)67-46(35(5)6)55(75)62-39(22-15-25-59)51(71)64-41;2*3-2(4,5)1(6)7/h9-14,18-21,33-36,39-49H,15-17,22-32,59-60H2,1-8H3,(H,61,70)(H,62,75)(H,63,76)(H,64,71)(H,65,72)(H,66,73)(H,67,74)(H,68,77);2*(H,6,7)/t39-,40-,41-,42-,43+,44-,45+,46-,47-,48+,49+;;/m0../s1. The van der Waals surface area contributed by atoms with E-state index in [1.807, 2.05) is 64.1 Å². The fourth-order valence-electron chi connectivity index (χ4n) is 10.1. The first kappa shape index (κ1) is 80.3. The Morgan fingerprint density at radius 2 is 0.968 bits per heavy atom. The van der Waals surface area contributed by atoms with Gasteiger partial charge in [-0.1, -0.05) is 116 Å². The SMILES string of the molecule is CC(C)C[C@@H]1NC(=O)[C@H](CCCN)NC(=O)[C@H](C(C)C)NC(=O)[C@@H]2CCCN2C(=O)[C@@H](Cc2ccccc2)NC(=O)[C@H](CC(C)C)NC(=O)[C@H](CCCN)NC(=O)[C@H](C(C)C)NC(=O)[C@@H]2O[C@H](CNC1=O)[C@H]2OCc1ccccc1.O=C(O)C(F)(F)F.O=C(O)C(F)(F)F. The summed E-state index contributed by atoms with van der Waals surface area (Å²) in [6.07, 6.45) is -11.2. The van der Waals surface area contributed by atoms with Crippen molar-refractivity contribution in [1.29, 1.82) is 0 Å². The van der Waals surface area contributed by atoms with Crippen molar-refractivity contribution in [3.8, 4) is 0 Å². The minimum Gasteiger partial charge on any atom is -0.475 e. The van der Waals surface area contributed by atoms with Crippen molar-refractivity contribution in [2.24, 2.45) is 35.1 Å². The van der Waals surface area contributed by atoms with Crippen LogP contribution >= 0.6 is 0 Å². The highest BCUT2D eigenvalue weighted by Gasteiger charge is 2.50. The fraction of sp³-hybridized carbons (Fsp3) is 0.629. The Morgan fingerprint density at radius 1 is 0.564 bits per heavy atom. The average Bonchev–Trinajstić information content (AvgIpc) is 0.885. The summed E-state index contributed by atoms with van der Waals surface area (Å²) < 4.78 is 75.9. The van der Waals surface area contributed by atoms with Crippen LogP contribution in [0.5, 0.6) is 0 Å². The Labute approximate surface area is 541 Å². The number of carboxylic acids is 2. The van der Waals surface area contributed by atoms with E-state index in [-0.39, 0.29) is 83.1 Å². The topological polar surface area (TPSA) is 398 Å². The number of carbonyl (C=O) groups is 11. The van der Waals surface area contributed by atoms with E-state index in [4.69, 9.17) is 40.7 Å². The molecule has 526 valence electrons. The number of fused-ring (bicyclic) bond motifs is 23. The first-order chi connectivity index (χ1) is 44.0. The highest BCUT2D eigenvalue weighted by Crippen LogP contribution is 2.28. The number of aliphatic carboxylic acids is 2. The van der Waals surface area contributed by atoms with Crippen LogP contribution in [0.2, 0.25) is 0 Å². The molecule has 11 atom stereocenters. The lowest BCUT2D eigenvalue weighted by Crippen LogP contribution is -2.67. The Kier molecular flexibility index (Phi) is 32.8. The quantitative estimate of drug-likeness (QED) is 0.0798. The smallest absolute Gasteiger partial charge is 0.475 e. The van der Waals surface area contributed by atoms with Crippen LogP contribution in [0.15, 0.2) is 60.7 Å². The van der Waals surface area contributed by atoms with Crippen LogP contribution in [0.3, 0.4) is 0 Å². The number of rotatable bonds is 17. The number of nitrogens with two attached hydrogens (primary N) is 2. The van der Waals surface area contributed by atoms with Crippen LogP contribution in [0.4, 0.5) is 26.3 Å². The van der Waals surface area contributed by atoms with E-state index in [1.54, 1.807) is 52.0 Å². The van der Waals surface area contributed by atoms with E-state index in [1.165, 1.54) is 4.90 Å². The molecule has 4 fully saturated rings. The predicted octanol–water partition coefficient (Wildman–Crippen LogP) is 2.24. The number of nitrogens with zero attached hydrogens (tertiary/aromatic N) is 1. The number of carboxylic acid groups (broad SMARTS) is 2. The van der Waals surface area contributed by atoms with Crippen molar-refractivity contribution in [3.05, 3.63) is 71.8 Å². The molecule has 4 heterocycles. The first-order valence-electron chi connectivity index (χ1n) is 31.1. The number of nitrogens with one attached hydrogen (secondary N) is 8. The molecule has 6 rings (SSSR count). The minimum atomic E-state index is -5.08. The Bertz CT molecular complexity index is 2810. The molecule has 0 radical (unpaired) electrons. The van der Waals surface area contributed by atoms with Gasteiger partial charge in [-0.05, 0) is 99.3 Å². The number of benzene rings is 2. The molecule has 2 aromatic rings. The van der Waals surface area contributed by atoms with Crippen LogP contribution in [0, 0.1) is 23.7 Å². The summed E-state index contributed by atoms with van der Waals surface area (Å²) >= 11 is 0. The van der Waals surface area contributed by atoms with Gasteiger partial charge in [0.2, 0.25) is 47.3 Å². The molecule has 9 amide bonds. The van der Waals surface area contributed by atoms with E-state index < -0.39 is 156 Å². The van der Waals surface area contributed by atoms with Crippen LogP contribution in [-0.2, 0) is 75.2 Å². The summed E-state index contributed by atoms with van der Waals surface area (Å²) in [5.41, 5.74) is 13.3. The molecule has 0 unspecified atom stereocenters. The molecule has 0 aliphatic carbocycles. The van der Waals surface area contributed by atoms with Crippen molar-refractivity contribution in [2.75, 3.05) is 26.2 Å². The highest BCUT2D eigenvalue weighted by molar-refractivity contribution is 5.99. The van der Waals surface area contributed by atoms with Gasteiger partial charge in [0.05, 0.1) is 6.61 Å². The van der Waals surface area contributed by atoms with Crippen LogP contribution in [0.25, 0.3) is 0 Å². The Morgan fingerprint density at radius 3 is 1.39 bits per heavy atom. The third kappa shape index (κ3) is 26.4. The molecule has 4 saturated heterocycles. The third-order valence-electron chi connectivity index (χ3n) is 15.1. The van der Waals surface area contributed by atoms with Gasteiger partial charge >= 0.3 is 24.3 Å². The van der Waals surface area contributed by atoms with E-state index in [2.05, 4.69) is 42.5 Å². The monoisotopic (exact) mass is 1340 g/mol. The van der Waals surface area contributed by atoms with E-state index >= 15 is 0 Å². The molecule has 32 heteroatoms. The van der Waals surface area contributed by atoms with Gasteiger partial charge in [0.25, 0.3) is 5.91 Å². The van der Waals surface area contributed by atoms with Gasteiger partial charge in [-0.15, -0.1) is 0 Å². The maximum absolute atomic E-state index is 14.9. The molecule has 94 heavy (non-hydrogen) atoms. The second-order valence-electron chi connectivity index (χ2n) is 24.5.